The number of aliphatic hydroxyl groups excluding tert-OH is 1. The van der Waals surface area contributed by atoms with E-state index in [-0.39, 0.29) is 12.7 Å². The Bertz CT molecular complexity index is 523. The maximum absolute atomic E-state index is 12.4. The van der Waals surface area contributed by atoms with Crippen molar-refractivity contribution in [3.8, 4) is 0 Å². The molecule has 1 amide bonds. The Labute approximate surface area is 125 Å². The van der Waals surface area contributed by atoms with E-state index < -0.39 is 5.60 Å². The van der Waals surface area contributed by atoms with Crippen molar-refractivity contribution in [2.75, 3.05) is 18.1 Å². The highest BCUT2D eigenvalue weighted by atomic mass is 16.6. The van der Waals surface area contributed by atoms with Crippen molar-refractivity contribution in [1.29, 1.82) is 0 Å². The summed E-state index contributed by atoms with van der Waals surface area (Å²) in [6.07, 6.45) is 1.03. The molecule has 2 heterocycles. The van der Waals surface area contributed by atoms with Crippen LogP contribution in [0.1, 0.15) is 51.3 Å². The minimum Gasteiger partial charge on any atom is -0.443 e. The van der Waals surface area contributed by atoms with Crippen molar-refractivity contribution >= 4 is 11.9 Å². The molecule has 2 rings (SSSR count). The summed E-state index contributed by atoms with van der Waals surface area (Å²) < 4.78 is 5.47. The maximum Gasteiger partial charge on any atom is 0.416 e. The Balaban J connectivity index is 2.32. The van der Waals surface area contributed by atoms with Gasteiger partial charge in [-0.3, -0.25) is 4.90 Å². The van der Waals surface area contributed by atoms with Crippen molar-refractivity contribution in [3.05, 3.63) is 23.4 Å². The fraction of sp³-hybridized carbons (Fsp3) is 0.625. The van der Waals surface area contributed by atoms with Gasteiger partial charge >= 0.3 is 6.09 Å². The molecule has 5 heteroatoms. The van der Waals surface area contributed by atoms with Crippen molar-refractivity contribution in [2.24, 2.45) is 0 Å². The molecule has 0 aliphatic carbocycles. The average molecular weight is 292 g/mol. The number of carbonyl (C=O) groups is 1. The van der Waals surface area contributed by atoms with E-state index in [2.05, 4.69) is 11.9 Å². The lowest BCUT2D eigenvalue weighted by Crippen LogP contribution is -2.41. The summed E-state index contributed by atoms with van der Waals surface area (Å²) in [4.78, 5) is 18.5. The molecule has 0 saturated heterocycles. The van der Waals surface area contributed by atoms with E-state index in [0.29, 0.717) is 24.7 Å². The fourth-order valence-electron chi connectivity index (χ4n) is 2.43. The summed E-state index contributed by atoms with van der Waals surface area (Å²) in [7, 11) is 0. The molecule has 1 N–H and O–H groups in total. The highest BCUT2D eigenvalue weighted by Crippen LogP contribution is 2.34. The van der Waals surface area contributed by atoms with Gasteiger partial charge in [0.15, 0.2) is 0 Å². The van der Waals surface area contributed by atoms with Crippen LogP contribution < -0.4 is 4.90 Å². The third-order valence-electron chi connectivity index (χ3n) is 3.52. The molecule has 0 saturated carbocycles. The molecule has 5 nitrogen and oxygen atoms in total. The second kappa shape index (κ2) is 6.02. The van der Waals surface area contributed by atoms with Gasteiger partial charge in [0.2, 0.25) is 0 Å². The highest BCUT2D eigenvalue weighted by Gasteiger charge is 2.31. The van der Waals surface area contributed by atoms with Crippen LogP contribution in [0.25, 0.3) is 0 Å². The lowest BCUT2D eigenvalue weighted by atomic mass is 9.94. The number of anilines is 1. The molecule has 0 aromatic carbocycles. The predicted octanol–water partition coefficient (Wildman–Crippen LogP) is 2.87. The summed E-state index contributed by atoms with van der Waals surface area (Å²) in [5.74, 6) is 1.04. The van der Waals surface area contributed by atoms with Crippen molar-refractivity contribution in [2.45, 2.75) is 52.1 Å². The van der Waals surface area contributed by atoms with Gasteiger partial charge in [0.05, 0.1) is 0 Å². The van der Waals surface area contributed by atoms with E-state index >= 15 is 0 Å². The van der Waals surface area contributed by atoms with Gasteiger partial charge in [-0.1, -0.05) is 13.0 Å². The Hall–Kier alpha value is -1.62. The molecule has 21 heavy (non-hydrogen) atoms. The van der Waals surface area contributed by atoms with Crippen LogP contribution in [-0.4, -0.2) is 34.9 Å². The van der Waals surface area contributed by atoms with Crippen LogP contribution in [0.2, 0.25) is 0 Å². The first-order valence-electron chi connectivity index (χ1n) is 7.43. The lowest BCUT2D eigenvalue weighted by molar-refractivity contribution is 0.0575. The number of pyridine rings is 1. The van der Waals surface area contributed by atoms with E-state index in [9.17, 15) is 4.79 Å². The smallest absolute Gasteiger partial charge is 0.416 e. The summed E-state index contributed by atoms with van der Waals surface area (Å²) in [6.45, 7) is 8.36. The number of ether oxygens (including phenoxy) is 1. The highest BCUT2D eigenvalue weighted by molar-refractivity contribution is 5.88. The minimum atomic E-state index is -0.525. The fourth-order valence-corrected chi connectivity index (χ4v) is 2.43. The van der Waals surface area contributed by atoms with Gasteiger partial charge in [-0.05, 0) is 44.7 Å². The SMILES string of the molecule is CC1CCN(C(=O)OC(C)(C)C)c2nc(CCO)ccc21. The number of hydrogen-bond acceptors (Lipinski definition) is 4. The van der Waals surface area contributed by atoms with Crippen LogP contribution in [0.15, 0.2) is 12.1 Å². The molecule has 0 radical (unpaired) electrons. The molecule has 1 aromatic heterocycles. The molecule has 116 valence electrons. The van der Waals surface area contributed by atoms with E-state index in [1.807, 2.05) is 32.9 Å². The van der Waals surface area contributed by atoms with Gasteiger partial charge in [-0.15, -0.1) is 0 Å². The van der Waals surface area contributed by atoms with Crippen LogP contribution in [0, 0.1) is 0 Å². The molecule has 1 aliphatic rings. The molecular weight excluding hydrogens is 268 g/mol. The Morgan fingerprint density at radius 2 is 2.19 bits per heavy atom. The Morgan fingerprint density at radius 1 is 1.48 bits per heavy atom. The molecule has 0 bridgehead atoms. The van der Waals surface area contributed by atoms with Gasteiger partial charge in [-0.25, -0.2) is 9.78 Å². The summed E-state index contributed by atoms with van der Waals surface area (Å²) in [6, 6.07) is 3.93. The molecule has 1 aromatic rings. The summed E-state index contributed by atoms with van der Waals surface area (Å²) in [5, 5.41) is 9.06. The Morgan fingerprint density at radius 3 is 2.81 bits per heavy atom. The number of aromatic nitrogens is 1. The number of amides is 1. The monoisotopic (exact) mass is 292 g/mol. The van der Waals surface area contributed by atoms with Gasteiger partial charge < -0.3 is 9.84 Å². The lowest BCUT2D eigenvalue weighted by Gasteiger charge is -2.33. The second-order valence-electron chi connectivity index (χ2n) is 6.51. The largest absolute Gasteiger partial charge is 0.443 e. The first-order chi connectivity index (χ1) is 9.81. The molecule has 1 unspecified atom stereocenters. The van der Waals surface area contributed by atoms with Crippen LogP contribution in [0.4, 0.5) is 10.6 Å². The van der Waals surface area contributed by atoms with E-state index in [4.69, 9.17) is 9.84 Å². The third kappa shape index (κ3) is 3.73. The minimum absolute atomic E-state index is 0.0494. The normalized spacial score (nSPS) is 18.3. The van der Waals surface area contributed by atoms with Crippen LogP contribution in [0.3, 0.4) is 0 Å². The number of nitrogens with zero attached hydrogens (tertiary/aromatic N) is 2. The first kappa shape index (κ1) is 15.8. The van der Waals surface area contributed by atoms with Gasteiger partial charge in [0.25, 0.3) is 0 Å². The van der Waals surface area contributed by atoms with Crippen LogP contribution >= 0.6 is 0 Å². The first-order valence-corrected chi connectivity index (χ1v) is 7.43. The molecule has 1 atom stereocenters. The number of carbonyl (C=O) groups excluding carboxylic acids is 1. The zero-order valence-corrected chi connectivity index (χ0v) is 13.2. The van der Waals surface area contributed by atoms with Crippen molar-refractivity contribution in [1.82, 2.24) is 4.98 Å². The second-order valence-corrected chi connectivity index (χ2v) is 6.51. The molecule has 1 aliphatic heterocycles. The quantitative estimate of drug-likeness (QED) is 0.910. The number of aliphatic hydroxyl groups is 1. The zero-order valence-electron chi connectivity index (χ0n) is 13.2. The third-order valence-corrected chi connectivity index (χ3v) is 3.52. The predicted molar refractivity (Wildman–Crippen MR) is 81.6 cm³/mol. The summed E-state index contributed by atoms with van der Waals surface area (Å²) in [5.41, 5.74) is 1.33. The van der Waals surface area contributed by atoms with E-state index in [1.165, 1.54) is 0 Å². The van der Waals surface area contributed by atoms with Gasteiger partial charge in [-0.2, -0.15) is 0 Å². The summed E-state index contributed by atoms with van der Waals surface area (Å²) >= 11 is 0. The number of fused-ring (bicyclic) bond motifs is 1. The molecule has 0 fully saturated rings. The zero-order chi connectivity index (χ0) is 15.6. The maximum atomic E-state index is 12.4. The van der Waals surface area contributed by atoms with Crippen LogP contribution in [-0.2, 0) is 11.2 Å². The standard InChI is InChI=1S/C16H24N2O3/c1-11-7-9-18(15(20)21-16(2,3)4)14-13(11)6-5-12(17-14)8-10-19/h5-6,11,19H,7-10H2,1-4H3. The topological polar surface area (TPSA) is 62.7 Å². The molecule has 0 spiro atoms. The van der Waals surface area contributed by atoms with Crippen molar-refractivity contribution in [3.63, 3.8) is 0 Å². The number of rotatable bonds is 2. The van der Waals surface area contributed by atoms with Gasteiger partial charge in [0.1, 0.15) is 11.4 Å². The van der Waals surface area contributed by atoms with Crippen molar-refractivity contribution < 1.29 is 14.6 Å². The van der Waals surface area contributed by atoms with E-state index in [0.717, 1.165) is 17.7 Å². The Kier molecular flexibility index (Phi) is 4.52. The van der Waals surface area contributed by atoms with Gasteiger partial charge in [0, 0.05) is 25.3 Å². The van der Waals surface area contributed by atoms with Crippen LogP contribution in [0.5, 0.6) is 0 Å². The average Bonchev–Trinajstić information content (AvgIpc) is 2.37. The number of hydrogen-bond donors (Lipinski definition) is 1. The molecular formula is C16H24N2O3. The van der Waals surface area contributed by atoms with E-state index in [1.54, 1.807) is 4.90 Å².